The van der Waals surface area contributed by atoms with Crippen molar-refractivity contribution in [1.82, 2.24) is 9.55 Å². The highest BCUT2D eigenvalue weighted by molar-refractivity contribution is 5.69. The van der Waals surface area contributed by atoms with Crippen LogP contribution >= 0.6 is 0 Å². The smallest absolute Gasteiger partial charge is 0.331 e. The van der Waals surface area contributed by atoms with Crippen molar-refractivity contribution in [3.05, 3.63) is 44.6 Å². The van der Waals surface area contributed by atoms with Crippen LogP contribution in [0, 0.1) is 0 Å². The molecule has 0 amide bonds. The predicted octanol–water partition coefficient (Wildman–Crippen LogP) is -1.24. The van der Waals surface area contributed by atoms with Crippen molar-refractivity contribution in [2.24, 2.45) is 0 Å². The Morgan fingerprint density at radius 1 is 1.35 bits per heavy atom. The first-order valence-corrected chi connectivity index (χ1v) is 6.51. The monoisotopic (exact) mass is 326 g/mol. The number of H-pyrrole nitrogens is 1. The second kappa shape index (κ2) is 6.48. The number of hydrogen-bond acceptors (Lipinski definition) is 8. The molecular formula is C13H14N2O8. The Kier molecular flexibility index (Phi) is 4.65. The van der Waals surface area contributed by atoms with Crippen LogP contribution in [0.25, 0.3) is 0 Å². The minimum absolute atomic E-state index is 0.158. The summed E-state index contributed by atoms with van der Waals surface area (Å²) in [6.07, 6.45) is -1.38. The summed E-state index contributed by atoms with van der Waals surface area (Å²) in [5.74, 6) is -1.81. The lowest BCUT2D eigenvalue weighted by atomic mass is 10.2. The fourth-order valence-corrected chi connectivity index (χ4v) is 2.06. The predicted molar refractivity (Wildman–Crippen MR) is 72.9 cm³/mol. The van der Waals surface area contributed by atoms with Crippen molar-refractivity contribution in [2.75, 3.05) is 6.61 Å². The molecule has 0 radical (unpaired) electrons. The van der Waals surface area contributed by atoms with Gasteiger partial charge in [-0.1, -0.05) is 0 Å². The van der Waals surface area contributed by atoms with Crippen LogP contribution in [0.4, 0.5) is 0 Å². The Hall–Kier alpha value is -2.88. The summed E-state index contributed by atoms with van der Waals surface area (Å²) < 4.78 is 16.3. The lowest BCUT2D eigenvalue weighted by Gasteiger charge is -2.21. The molecule has 0 aromatic carbocycles. The van der Waals surface area contributed by atoms with Gasteiger partial charge in [0.25, 0.3) is 5.56 Å². The van der Waals surface area contributed by atoms with Crippen LogP contribution in [0.1, 0.15) is 20.1 Å². The molecule has 23 heavy (non-hydrogen) atoms. The van der Waals surface area contributed by atoms with Crippen molar-refractivity contribution in [3.8, 4) is 0 Å². The maximum atomic E-state index is 11.9. The molecule has 124 valence electrons. The number of carbonyl (C=O) groups is 2. The summed E-state index contributed by atoms with van der Waals surface area (Å²) in [5.41, 5.74) is -1.44. The summed E-state index contributed by atoms with van der Waals surface area (Å²) in [5, 5.41) is 9.32. The molecule has 2 heterocycles. The Labute approximate surface area is 128 Å². The number of nitrogens with zero attached hydrogens (tertiary/aromatic N) is 1. The van der Waals surface area contributed by atoms with Gasteiger partial charge in [-0.05, 0) is 0 Å². The summed E-state index contributed by atoms with van der Waals surface area (Å²) in [6, 6.07) is 1.07. The fraction of sp³-hybridized carbons (Fsp3) is 0.385. The average molecular weight is 326 g/mol. The number of carbonyl (C=O) groups excluding carboxylic acids is 2. The van der Waals surface area contributed by atoms with Crippen LogP contribution in [0.5, 0.6) is 0 Å². The summed E-state index contributed by atoms with van der Waals surface area (Å²) in [4.78, 5) is 47.5. The minimum atomic E-state index is -1.28. The number of aromatic amines is 1. The summed E-state index contributed by atoms with van der Waals surface area (Å²) in [6.45, 7) is 1.59. The zero-order chi connectivity index (χ0) is 17.1. The molecule has 2 N–H and O–H groups in total. The van der Waals surface area contributed by atoms with Crippen LogP contribution in [-0.4, -0.2) is 39.3 Å². The lowest BCUT2D eigenvalue weighted by molar-refractivity contribution is -0.156. The molecular weight excluding hydrogens is 312 g/mol. The third-order valence-electron chi connectivity index (χ3n) is 2.87. The van der Waals surface area contributed by atoms with Gasteiger partial charge >= 0.3 is 17.6 Å². The van der Waals surface area contributed by atoms with Gasteiger partial charge in [0.1, 0.15) is 6.61 Å². The van der Waals surface area contributed by atoms with E-state index in [9.17, 15) is 24.3 Å². The molecule has 2 atom stereocenters. The molecule has 1 aromatic rings. The van der Waals surface area contributed by atoms with Gasteiger partial charge in [-0.25, -0.2) is 4.79 Å². The number of aromatic nitrogens is 2. The molecule has 1 unspecified atom stereocenters. The zero-order valence-corrected chi connectivity index (χ0v) is 12.3. The Morgan fingerprint density at radius 3 is 2.57 bits per heavy atom. The summed E-state index contributed by atoms with van der Waals surface area (Å²) in [7, 11) is 0. The maximum absolute atomic E-state index is 11.9. The normalized spacial score (nSPS) is 20.1. The molecule has 0 spiro atoms. The minimum Gasteiger partial charge on any atom is -0.464 e. The maximum Gasteiger partial charge on any atom is 0.331 e. The number of ether oxygens (including phenoxy) is 3. The molecule has 0 fully saturated rings. The highest BCUT2D eigenvalue weighted by Crippen LogP contribution is 2.34. The van der Waals surface area contributed by atoms with Crippen LogP contribution in [-0.2, 0) is 23.8 Å². The molecule has 0 saturated carbocycles. The van der Waals surface area contributed by atoms with Crippen LogP contribution in [0.3, 0.4) is 0 Å². The fourth-order valence-electron chi connectivity index (χ4n) is 2.06. The quantitative estimate of drug-likeness (QED) is 0.656. The highest BCUT2D eigenvalue weighted by atomic mass is 16.6. The van der Waals surface area contributed by atoms with Crippen molar-refractivity contribution in [2.45, 2.75) is 26.2 Å². The number of hydrogen-bond donors (Lipinski definition) is 2. The van der Waals surface area contributed by atoms with E-state index in [1.165, 1.54) is 0 Å². The van der Waals surface area contributed by atoms with Gasteiger partial charge < -0.3 is 19.3 Å². The van der Waals surface area contributed by atoms with E-state index in [4.69, 9.17) is 14.2 Å². The third kappa shape index (κ3) is 3.48. The topological polar surface area (TPSA) is 137 Å². The molecule has 0 saturated heterocycles. The zero-order valence-electron chi connectivity index (χ0n) is 12.3. The van der Waals surface area contributed by atoms with E-state index < -0.39 is 42.1 Å². The SMILES string of the molecule is CC(=O)OC1=C(CO)O[C@@H](n2ccc(=O)[nH]c2=O)C1OC(C)=O. The van der Waals surface area contributed by atoms with E-state index in [1.807, 2.05) is 4.98 Å². The van der Waals surface area contributed by atoms with Crippen molar-refractivity contribution in [3.63, 3.8) is 0 Å². The van der Waals surface area contributed by atoms with Gasteiger partial charge in [0, 0.05) is 26.1 Å². The first-order chi connectivity index (χ1) is 10.8. The molecule has 0 aliphatic carbocycles. The molecule has 1 aromatic heterocycles. The Bertz CT molecular complexity index is 775. The molecule has 0 bridgehead atoms. The van der Waals surface area contributed by atoms with Gasteiger partial charge in [0.05, 0.1) is 0 Å². The van der Waals surface area contributed by atoms with E-state index >= 15 is 0 Å². The van der Waals surface area contributed by atoms with Crippen molar-refractivity contribution >= 4 is 11.9 Å². The van der Waals surface area contributed by atoms with E-state index in [1.54, 1.807) is 0 Å². The molecule has 10 nitrogen and oxygen atoms in total. The first-order valence-electron chi connectivity index (χ1n) is 6.51. The van der Waals surface area contributed by atoms with E-state index in [2.05, 4.69) is 0 Å². The van der Waals surface area contributed by atoms with Crippen molar-refractivity contribution < 1.29 is 28.9 Å². The Morgan fingerprint density at radius 2 is 2.04 bits per heavy atom. The number of aliphatic hydroxyl groups excluding tert-OH is 1. The molecule has 10 heteroatoms. The van der Waals surface area contributed by atoms with Crippen LogP contribution < -0.4 is 11.2 Å². The van der Waals surface area contributed by atoms with Gasteiger partial charge in [0.2, 0.25) is 12.3 Å². The summed E-state index contributed by atoms with van der Waals surface area (Å²) >= 11 is 0. The Balaban J connectivity index is 2.48. The highest BCUT2D eigenvalue weighted by Gasteiger charge is 2.43. The lowest BCUT2D eigenvalue weighted by Crippen LogP contribution is -2.37. The van der Waals surface area contributed by atoms with Crippen LogP contribution in [0.15, 0.2) is 33.4 Å². The average Bonchev–Trinajstić information content (AvgIpc) is 2.76. The number of nitrogens with one attached hydrogen (secondary N) is 1. The van der Waals surface area contributed by atoms with E-state index in [-0.39, 0.29) is 11.5 Å². The number of aliphatic hydroxyl groups is 1. The number of esters is 2. The van der Waals surface area contributed by atoms with Gasteiger partial charge in [-0.3, -0.25) is 23.9 Å². The molecule has 2 rings (SSSR count). The third-order valence-corrected chi connectivity index (χ3v) is 2.87. The van der Waals surface area contributed by atoms with Crippen molar-refractivity contribution in [1.29, 1.82) is 0 Å². The second-order valence-corrected chi connectivity index (χ2v) is 4.60. The van der Waals surface area contributed by atoms with Gasteiger partial charge in [0.15, 0.2) is 11.5 Å². The first kappa shape index (κ1) is 16.5. The second-order valence-electron chi connectivity index (χ2n) is 4.60. The van der Waals surface area contributed by atoms with Gasteiger partial charge in [-0.2, -0.15) is 0 Å². The molecule has 1 aliphatic heterocycles. The van der Waals surface area contributed by atoms with E-state index in [0.717, 1.165) is 30.7 Å². The standard InChI is InChI=1S/C13H14N2O8/c1-6(17)21-10-8(5-16)23-12(11(10)22-7(2)18)15-4-3-9(19)14-13(15)20/h3-4,11-12,16H,5H2,1-2H3,(H,14,19,20)/t11?,12-/m1/s1. The largest absolute Gasteiger partial charge is 0.464 e. The van der Waals surface area contributed by atoms with E-state index in [0.29, 0.717) is 0 Å². The van der Waals surface area contributed by atoms with Crippen LogP contribution in [0.2, 0.25) is 0 Å². The van der Waals surface area contributed by atoms with Gasteiger partial charge in [-0.15, -0.1) is 0 Å². The number of rotatable bonds is 4. The molecule has 1 aliphatic rings.